The van der Waals surface area contributed by atoms with Crippen molar-refractivity contribution in [1.82, 2.24) is 14.8 Å². The zero-order chi connectivity index (χ0) is 21.9. The molecule has 2 aromatic rings. The van der Waals surface area contributed by atoms with Crippen LogP contribution >= 0.6 is 12.4 Å². The van der Waals surface area contributed by atoms with Crippen LogP contribution in [0.4, 0.5) is 13.2 Å². The van der Waals surface area contributed by atoms with Crippen LogP contribution in [0.5, 0.6) is 0 Å². The van der Waals surface area contributed by atoms with Crippen molar-refractivity contribution in [3.8, 4) is 0 Å². The van der Waals surface area contributed by atoms with Crippen molar-refractivity contribution in [2.24, 2.45) is 0 Å². The molecule has 2 saturated heterocycles. The molecule has 2 aliphatic heterocycles. The number of morpholine rings is 1. The minimum atomic E-state index is -4.42. The van der Waals surface area contributed by atoms with Crippen molar-refractivity contribution in [3.63, 3.8) is 0 Å². The van der Waals surface area contributed by atoms with Crippen molar-refractivity contribution in [1.29, 1.82) is 0 Å². The highest BCUT2D eigenvalue weighted by Crippen LogP contribution is 2.32. The monoisotopic (exact) mass is 469 g/mol. The first-order chi connectivity index (χ1) is 14.8. The summed E-state index contributed by atoms with van der Waals surface area (Å²) < 4.78 is 44.2. The first kappa shape index (κ1) is 24.5. The Bertz CT molecular complexity index is 886. The molecule has 9 heteroatoms. The Balaban J connectivity index is 0.00000289. The maximum absolute atomic E-state index is 12.7. The lowest BCUT2D eigenvalue weighted by molar-refractivity contribution is -0.172. The molecule has 32 heavy (non-hydrogen) atoms. The molecule has 5 nitrogen and oxygen atoms in total. The van der Waals surface area contributed by atoms with Crippen LogP contribution in [0.25, 0.3) is 0 Å². The Morgan fingerprint density at radius 1 is 1.06 bits per heavy atom. The number of pyridine rings is 1. The number of halogens is 4. The number of alkyl halides is 3. The van der Waals surface area contributed by atoms with Gasteiger partial charge in [-0.1, -0.05) is 30.3 Å². The van der Waals surface area contributed by atoms with Crippen LogP contribution in [0.15, 0.2) is 48.7 Å². The van der Waals surface area contributed by atoms with E-state index in [0.717, 1.165) is 51.2 Å². The van der Waals surface area contributed by atoms with Crippen molar-refractivity contribution < 1.29 is 22.7 Å². The number of carbonyl (C=O) groups is 1. The van der Waals surface area contributed by atoms with Gasteiger partial charge < -0.3 is 14.5 Å². The third kappa shape index (κ3) is 5.99. The third-order valence-corrected chi connectivity index (χ3v) is 6.17. The summed E-state index contributed by atoms with van der Waals surface area (Å²) in [5.74, 6) is -0.154. The predicted octanol–water partition coefficient (Wildman–Crippen LogP) is 3.96. The topological polar surface area (TPSA) is 45.7 Å². The average molecular weight is 470 g/mol. The lowest BCUT2D eigenvalue weighted by Crippen LogP contribution is -2.58. The number of hydrogen-bond donors (Lipinski definition) is 0. The van der Waals surface area contributed by atoms with Gasteiger partial charge in [0.05, 0.1) is 29.9 Å². The molecule has 2 fully saturated rings. The maximum atomic E-state index is 12.7. The fourth-order valence-electron chi connectivity index (χ4n) is 4.23. The van der Waals surface area contributed by atoms with Gasteiger partial charge in [0.15, 0.2) is 0 Å². The quantitative estimate of drug-likeness (QED) is 0.665. The number of carbonyl (C=O) groups excluding carboxylic acids is 1. The lowest BCUT2D eigenvalue weighted by Gasteiger charge is -2.47. The molecule has 4 rings (SSSR count). The number of nitrogens with zero attached hydrogens (tertiary/aromatic N) is 3. The second kappa shape index (κ2) is 10.2. The molecular formula is C23H27ClF3N3O2. The Hall–Kier alpha value is -2.16. The molecule has 1 spiro atoms. The van der Waals surface area contributed by atoms with E-state index in [1.165, 1.54) is 11.6 Å². The molecule has 3 heterocycles. The average Bonchev–Trinajstić information content (AvgIpc) is 2.77. The Kier molecular flexibility index (Phi) is 7.79. The van der Waals surface area contributed by atoms with Crippen LogP contribution < -0.4 is 0 Å². The van der Waals surface area contributed by atoms with Crippen LogP contribution in [-0.4, -0.2) is 59.1 Å². The first-order valence-electron chi connectivity index (χ1n) is 10.5. The van der Waals surface area contributed by atoms with E-state index < -0.39 is 11.7 Å². The minimum Gasteiger partial charge on any atom is -0.363 e. The molecule has 2 aliphatic rings. The van der Waals surface area contributed by atoms with Gasteiger partial charge in [-0.15, -0.1) is 12.4 Å². The number of ether oxygens (including phenoxy) is 1. The Labute approximate surface area is 192 Å². The van der Waals surface area contributed by atoms with Gasteiger partial charge >= 0.3 is 6.18 Å². The van der Waals surface area contributed by atoms with E-state index in [-0.39, 0.29) is 37.1 Å². The molecule has 1 aromatic heterocycles. The van der Waals surface area contributed by atoms with Gasteiger partial charge in [-0.2, -0.15) is 13.2 Å². The van der Waals surface area contributed by atoms with E-state index in [1.807, 2.05) is 18.2 Å². The largest absolute Gasteiger partial charge is 0.417 e. The van der Waals surface area contributed by atoms with Gasteiger partial charge in [0.1, 0.15) is 6.61 Å². The SMILES string of the molecule is Cl.O=C1COC2(CCN(CCc3ccccc3)CC2)CN1Cc1ccc(C(F)(F)F)cn1. The van der Waals surface area contributed by atoms with E-state index in [1.54, 1.807) is 4.90 Å². The minimum absolute atomic E-state index is 0. The number of aromatic nitrogens is 1. The molecule has 174 valence electrons. The Morgan fingerprint density at radius 3 is 2.41 bits per heavy atom. The lowest BCUT2D eigenvalue weighted by atomic mass is 9.89. The van der Waals surface area contributed by atoms with Crippen LogP contribution in [0, 0.1) is 0 Å². The second-order valence-corrected chi connectivity index (χ2v) is 8.33. The highest BCUT2D eigenvalue weighted by molar-refractivity contribution is 5.85. The molecule has 0 radical (unpaired) electrons. The molecular weight excluding hydrogens is 443 g/mol. The van der Waals surface area contributed by atoms with Crippen LogP contribution in [0.1, 0.15) is 29.7 Å². The van der Waals surface area contributed by atoms with Crippen LogP contribution in [-0.2, 0) is 28.7 Å². The van der Waals surface area contributed by atoms with Crippen molar-refractivity contribution >= 4 is 18.3 Å². The maximum Gasteiger partial charge on any atom is 0.417 e. The second-order valence-electron chi connectivity index (χ2n) is 8.33. The summed E-state index contributed by atoms with van der Waals surface area (Å²) in [5, 5.41) is 0. The molecule has 0 saturated carbocycles. The number of benzene rings is 1. The molecule has 1 aromatic carbocycles. The van der Waals surface area contributed by atoms with Gasteiger partial charge in [0, 0.05) is 25.8 Å². The first-order valence-corrected chi connectivity index (χ1v) is 10.5. The van der Waals surface area contributed by atoms with Gasteiger partial charge in [0.2, 0.25) is 5.91 Å². The van der Waals surface area contributed by atoms with Gasteiger partial charge in [0.25, 0.3) is 0 Å². The third-order valence-electron chi connectivity index (χ3n) is 6.17. The summed E-state index contributed by atoms with van der Waals surface area (Å²) >= 11 is 0. The van der Waals surface area contributed by atoms with E-state index in [0.29, 0.717) is 12.2 Å². The predicted molar refractivity (Wildman–Crippen MR) is 116 cm³/mol. The summed E-state index contributed by atoms with van der Waals surface area (Å²) in [4.78, 5) is 20.3. The van der Waals surface area contributed by atoms with Gasteiger partial charge in [-0.05, 0) is 37.0 Å². The van der Waals surface area contributed by atoms with Gasteiger partial charge in [-0.3, -0.25) is 9.78 Å². The molecule has 0 atom stereocenters. The molecule has 0 N–H and O–H groups in total. The van der Waals surface area contributed by atoms with Crippen molar-refractivity contribution in [3.05, 3.63) is 65.5 Å². The fraction of sp³-hybridized carbons (Fsp3) is 0.478. The summed E-state index contributed by atoms with van der Waals surface area (Å²) in [6.45, 7) is 3.42. The number of hydrogen-bond acceptors (Lipinski definition) is 4. The summed E-state index contributed by atoms with van der Waals surface area (Å²) in [5.41, 5.74) is 0.586. The van der Waals surface area contributed by atoms with Crippen molar-refractivity contribution in [2.75, 3.05) is 32.8 Å². The molecule has 1 amide bonds. The molecule has 0 bridgehead atoms. The van der Waals surface area contributed by atoms with E-state index >= 15 is 0 Å². The van der Waals surface area contributed by atoms with E-state index in [2.05, 4.69) is 22.0 Å². The highest BCUT2D eigenvalue weighted by Gasteiger charge is 2.42. The normalized spacial score (nSPS) is 19.1. The number of piperidine rings is 1. The van der Waals surface area contributed by atoms with E-state index in [4.69, 9.17) is 4.74 Å². The molecule has 0 unspecified atom stereocenters. The van der Waals surface area contributed by atoms with Crippen LogP contribution in [0.3, 0.4) is 0 Å². The van der Waals surface area contributed by atoms with E-state index in [9.17, 15) is 18.0 Å². The number of amides is 1. The van der Waals surface area contributed by atoms with Crippen LogP contribution in [0.2, 0.25) is 0 Å². The smallest absolute Gasteiger partial charge is 0.363 e. The zero-order valence-electron chi connectivity index (χ0n) is 17.7. The Morgan fingerprint density at radius 2 is 1.78 bits per heavy atom. The summed E-state index contributed by atoms with van der Waals surface area (Å²) in [6.07, 6.45) is -0.947. The van der Waals surface area contributed by atoms with Crippen molar-refractivity contribution in [2.45, 2.75) is 37.6 Å². The zero-order valence-corrected chi connectivity index (χ0v) is 18.5. The standard InChI is InChI=1S/C23H26F3N3O2.ClH/c24-23(25,26)19-6-7-20(27-14-19)15-29-17-22(31-16-21(29)30)9-12-28(13-10-22)11-8-18-4-2-1-3-5-18;/h1-7,14H,8-13,15-17H2;1H. The highest BCUT2D eigenvalue weighted by atomic mass is 35.5. The number of rotatable bonds is 5. The summed E-state index contributed by atoms with van der Waals surface area (Å²) in [7, 11) is 0. The summed E-state index contributed by atoms with van der Waals surface area (Å²) in [6, 6.07) is 12.7. The molecule has 0 aliphatic carbocycles. The number of likely N-dealkylation sites (tertiary alicyclic amines) is 1. The fourth-order valence-corrected chi connectivity index (χ4v) is 4.23. The van der Waals surface area contributed by atoms with Gasteiger partial charge in [-0.25, -0.2) is 0 Å².